The van der Waals surface area contributed by atoms with Gasteiger partial charge in [0.1, 0.15) is 0 Å². The fourth-order valence-electron chi connectivity index (χ4n) is 3.10. The van der Waals surface area contributed by atoms with E-state index >= 15 is 0 Å². The lowest BCUT2D eigenvalue weighted by molar-refractivity contribution is 0.0711. The van der Waals surface area contributed by atoms with E-state index in [9.17, 15) is 0 Å². The predicted molar refractivity (Wildman–Crippen MR) is 95.8 cm³/mol. The van der Waals surface area contributed by atoms with Gasteiger partial charge in [0.2, 0.25) is 5.95 Å². The van der Waals surface area contributed by atoms with Gasteiger partial charge in [0, 0.05) is 44.3 Å². The predicted octanol–water partition coefficient (Wildman–Crippen LogP) is 3.45. The molecule has 0 bridgehead atoms. The Hall–Kier alpha value is -1.66. The van der Waals surface area contributed by atoms with E-state index in [-0.39, 0.29) is 0 Å². The monoisotopic (exact) mass is 353 g/mol. The number of hydrogen-bond acceptors (Lipinski definition) is 5. The van der Waals surface area contributed by atoms with Crippen molar-refractivity contribution in [1.82, 2.24) is 9.55 Å². The van der Waals surface area contributed by atoms with Crippen LogP contribution in [0.25, 0.3) is 11.0 Å². The number of halogens is 1. The van der Waals surface area contributed by atoms with Gasteiger partial charge < -0.3 is 24.1 Å². The maximum absolute atomic E-state index is 5.81. The molecule has 3 rings (SSSR count). The maximum atomic E-state index is 5.81. The third-order valence-electron chi connectivity index (χ3n) is 4.29. The van der Waals surface area contributed by atoms with Crippen LogP contribution in [0.2, 0.25) is 0 Å². The van der Waals surface area contributed by atoms with Crippen LogP contribution in [-0.4, -0.2) is 49.4 Å². The van der Waals surface area contributed by atoms with Crippen molar-refractivity contribution in [2.24, 2.45) is 0 Å². The normalized spacial score (nSPS) is 15.6. The van der Waals surface area contributed by atoms with Gasteiger partial charge in [0.15, 0.2) is 11.5 Å². The van der Waals surface area contributed by atoms with Crippen molar-refractivity contribution in [2.45, 2.75) is 25.3 Å². The molecule has 2 heterocycles. The molecular weight excluding hydrogens is 330 g/mol. The SMILES string of the molecule is CNc1nc2cc(OCCCCl)c(OC)cc2n1C1CCOCC1. The number of nitrogens with one attached hydrogen (secondary N) is 1. The number of nitrogens with zero attached hydrogens (tertiary/aromatic N) is 2. The third kappa shape index (κ3) is 3.39. The van der Waals surface area contributed by atoms with Crippen molar-refractivity contribution in [3.8, 4) is 11.5 Å². The van der Waals surface area contributed by atoms with Crippen LogP contribution in [0.3, 0.4) is 0 Å². The summed E-state index contributed by atoms with van der Waals surface area (Å²) in [6, 6.07) is 4.33. The van der Waals surface area contributed by atoms with E-state index in [0.717, 1.165) is 49.5 Å². The van der Waals surface area contributed by atoms with Gasteiger partial charge in [-0.3, -0.25) is 0 Å². The summed E-state index contributed by atoms with van der Waals surface area (Å²) in [5, 5.41) is 3.20. The van der Waals surface area contributed by atoms with Crippen LogP contribution < -0.4 is 14.8 Å². The van der Waals surface area contributed by atoms with E-state index in [4.69, 9.17) is 30.8 Å². The lowest BCUT2D eigenvalue weighted by Gasteiger charge is -2.25. The second kappa shape index (κ2) is 7.94. The minimum atomic E-state index is 0.374. The van der Waals surface area contributed by atoms with Crippen LogP contribution in [0.5, 0.6) is 11.5 Å². The highest BCUT2D eigenvalue weighted by molar-refractivity contribution is 6.17. The van der Waals surface area contributed by atoms with Crippen molar-refractivity contribution < 1.29 is 14.2 Å². The Kier molecular flexibility index (Phi) is 5.68. The Morgan fingerprint density at radius 3 is 2.79 bits per heavy atom. The minimum absolute atomic E-state index is 0.374. The molecule has 7 heteroatoms. The summed E-state index contributed by atoms with van der Waals surface area (Å²) in [7, 11) is 3.55. The van der Waals surface area contributed by atoms with E-state index in [2.05, 4.69) is 9.88 Å². The number of methoxy groups -OCH3 is 1. The highest BCUT2D eigenvalue weighted by Gasteiger charge is 2.23. The quantitative estimate of drug-likeness (QED) is 0.610. The Morgan fingerprint density at radius 1 is 1.33 bits per heavy atom. The number of anilines is 1. The van der Waals surface area contributed by atoms with Crippen molar-refractivity contribution in [3.63, 3.8) is 0 Å². The molecule has 0 aliphatic carbocycles. The molecule has 0 saturated carbocycles. The fourth-order valence-corrected chi connectivity index (χ4v) is 3.21. The first kappa shape index (κ1) is 17.2. The van der Waals surface area contributed by atoms with Gasteiger partial charge >= 0.3 is 0 Å². The van der Waals surface area contributed by atoms with E-state index in [1.807, 2.05) is 19.2 Å². The molecule has 0 radical (unpaired) electrons. The second-order valence-corrected chi connectivity index (χ2v) is 6.16. The number of aromatic nitrogens is 2. The van der Waals surface area contributed by atoms with Crippen LogP contribution >= 0.6 is 11.6 Å². The van der Waals surface area contributed by atoms with E-state index in [0.29, 0.717) is 30.0 Å². The molecule has 6 nitrogen and oxygen atoms in total. The largest absolute Gasteiger partial charge is 0.493 e. The van der Waals surface area contributed by atoms with Crippen molar-refractivity contribution >= 4 is 28.6 Å². The summed E-state index contributed by atoms with van der Waals surface area (Å²) in [5.74, 6) is 2.85. The fraction of sp³-hybridized carbons (Fsp3) is 0.588. The van der Waals surface area contributed by atoms with Gasteiger partial charge in [-0.1, -0.05) is 0 Å². The van der Waals surface area contributed by atoms with Crippen molar-refractivity contribution in [1.29, 1.82) is 0 Å². The summed E-state index contributed by atoms with van der Waals surface area (Å²) in [6.45, 7) is 2.12. The van der Waals surface area contributed by atoms with E-state index in [1.165, 1.54) is 0 Å². The highest BCUT2D eigenvalue weighted by atomic mass is 35.5. The second-order valence-electron chi connectivity index (χ2n) is 5.78. The van der Waals surface area contributed by atoms with Crippen LogP contribution in [0.1, 0.15) is 25.3 Å². The molecular formula is C17H24ClN3O3. The van der Waals surface area contributed by atoms with Crippen LogP contribution in [0.15, 0.2) is 12.1 Å². The zero-order chi connectivity index (χ0) is 16.9. The van der Waals surface area contributed by atoms with E-state index < -0.39 is 0 Å². The average Bonchev–Trinajstić information content (AvgIpc) is 2.99. The average molecular weight is 354 g/mol. The van der Waals surface area contributed by atoms with Gasteiger partial charge in [0.25, 0.3) is 0 Å². The van der Waals surface area contributed by atoms with Crippen LogP contribution in [0, 0.1) is 0 Å². The molecule has 1 aliphatic rings. The molecule has 1 N–H and O–H groups in total. The number of ether oxygens (including phenoxy) is 3. The molecule has 2 aromatic rings. The van der Waals surface area contributed by atoms with Gasteiger partial charge in [-0.15, -0.1) is 11.6 Å². The Balaban J connectivity index is 2.01. The van der Waals surface area contributed by atoms with Crippen LogP contribution in [0.4, 0.5) is 5.95 Å². The third-order valence-corrected chi connectivity index (χ3v) is 4.56. The molecule has 0 spiro atoms. The molecule has 132 valence electrons. The van der Waals surface area contributed by atoms with Gasteiger partial charge in [-0.2, -0.15) is 0 Å². The molecule has 0 amide bonds. The summed E-state index contributed by atoms with van der Waals surface area (Å²) in [6.07, 6.45) is 2.76. The molecule has 0 unspecified atom stereocenters. The number of imidazole rings is 1. The molecule has 0 atom stereocenters. The number of hydrogen-bond donors (Lipinski definition) is 1. The summed E-state index contributed by atoms with van der Waals surface area (Å²) >= 11 is 5.72. The molecule has 24 heavy (non-hydrogen) atoms. The molecule has 1 fully saturated rings. The standard InChI is InChI=1S/C17H24ClN3O3/c1-19-17-20-13-10-16(24-7-3-6-18)15(22-2)11-14(13)21(17)12-4-8-23-9-5-12/h10-12H,3-9H2,1-2H3,(H,19,20). The summed E-state index contributed by atoms with van der Waals surface area (Å²) in [5.41, 5.74) is 1.94. The zero-order valence-corrected chi connectivity index (χ0v) is 14.9. The molecule has 1 aliphatic heterocycles. The highest BCUT2D eigenvalue weighted by Crippen LogP contribution is 2.37. The zero-order valence-electron chi connectivity index (χ0n) is 14.2. The maximum Gasteiger partial charge on any atom is 0.203 e. The Bertz CT molecular complexity index is 683. The first-order valence-electron chi connectivity index (χ1n) is 8.32. The van der Waals surface area contributed by atoms with Gasteiger partial charge in [0.05, 0.1) is 24.8 Å². The number of benzene rings is 1. The van der Waals surface area contributed by atoms with Gasteiger partial charge in [-0.25, -0.2) is 4.98 Å². The minimum Gasteiger partial charge on any atom is -0.493 e. The number of rotatable bonds is 7. The van der Waals surface area contributed by atoms with Gasteiger partial charge in [-0.05, 0) is 19.3 Å². The van der Waals surface area contributed by atoms with Crippen LogP contribution in [-0.2, 0) is 4.74 Å². The Morgan fingerprint density at radius 2 is 2.12 bits per heavy atom. The first-order valence-corrected chi connectivity index (χ1v) is 8.86. The lowest BCUT2D eigenvalue weighted by Crippen LogP contribution is -2.20. The number of fused-ring (bicyclic) bond motifs is 1. The van der Waals surface area contributed by atoms with E-state index in [1.54, 1.807) is 7.11 Å². The lowest BCUT2D eigenvalue weighted by atomic mass is 10.1. The molecule has 1 aromatic carbocycles. The molecule has 1 saturated heterocycles. The summed E-state index contributed by atoms with van der Waals surface area (Å²) < 4.78 is 19.1. The van der Waals surface area contributed by atoms with Crippen molar-refractivity contribution in [3.05, 3.63) is 12.1 Å². The first-order chi connectivity index (χ1) is 11.8. The van der Waals surface area contributed by atoms with Crippen molar-refractivity contribution in [2.75, 3.05) is 45.2 Å². The smallest absolute Gasteiger partial charge is 0.203 e. The Labute approximate surface area is 147 Å². The molecule has 1 aromatic heterocycles. The summed E-state index contributed by atoms with van der Waals surface area (Å²) in [4.78, 5) is 4.72. The topological polar surface area (TPSA) is 57.5 Å². The number of alkyl halides is 1.